The maximum atomic E-state index is 12.1. The van der Waals surface area contributed by atoms with Gasteiger partial charge in [0, 0.05) is 0 Å². The summed E-state index contributed by atoms with van der Waals surface area (Å²) in [5.41, 5.74) is -2.34. The highest BCUT2D eigenvalue weighted by atomic mass is 16.6. The third-order valence-electron chi connectivity index (χ3n) is 4.29. The molecule has 1 rings (SSSR count). The normalized spacial score (nSPS) is 31.8. The first-order valence-electron chi connectivity index (χ1n) is 6.61. The number of nitrogens with zero attached hydrogens (tertiary/aromatic N) is 1. The van der Waals surface area contributed by atoms with Crippen molar-refractivity contribution in [2.75, 3.05) is 14.2 Å². The first-order chi connectivity index (χ1) is 8.95. The number of methoxy groups -OCH3 is 2. The number of esters is 2. The highest BCUT2D eigenvalue weighted by Gasteiger charge is 2.58. The van der Waals surface area contributed by atoms with Gasteiger partial charge < -0.3 is 14.7 Å². The Bertz CT molecular complexity index is 327. The van der Waals surface area contributed by atoms with Crippen LogP contribution in [0.1, 0.15) is 46.0 Å². The summed E-state index contributed by atoms with van der Waals surface area (Å²) in [5, 5.41) is 11.5. The number of ether oxygens (including phenoxy) is 2. The maximum Gasteiger partial charge on any atom is 0.328 e. The van der Waals surface area contributed by atoms with Crippen molar-refractivity contribution in [3.8, 4) is 0 Å². The second-order valence-electron chi connectivity index (χ2n) is 4.92. The van der Waals surface area contributed by atoms with Crippen LogP contribution in [0.4, 0.5) is 0 Å². The Balaban J connectivity index is 3.25. The molecular weight excluding hydrogens is 250 g/mol. The van der Waals surface area contributed by atoms with Gasteiger partial charge in [-0.2, -0.15) is 5.06 Å². The Morgan fingerprint density at radius 1 is 1.05 bits per heavy atom. The van der Waals surface area contributed by atoms with Gasteiger partial charge in [-0.1, -0.05) is 13.8 Å². The topological polar surface area (TPSA) is 76.1 Å². The molecule has 1 saturated heterocycles. The number of hydrogen-bond donors (Lipinski definition) is 1. The number of carbonyl (C=O) groups excluding carboxylic acids is 2. The summed E-state index contributed by atoms with van der Waals surface area (Å²) in [6.07, 6.45) is 2.32. The molecule has 0 aromatic rings. The molecule has 0 spiro atoms. The van der Waals surface area contributed by atoms with Crippen LogP contribution in [0.15, 0.2) is 0 Å². The fraction of sp³-hybridized carbons (Fsp3) is 0.846. The summed E-state index contributed by atoms with van der Waals surface area (Å²) in [5.74, 6) is -1.03. The lowest BCUT2D eigenvalue weighted by Gasteiger charge is -2.50. The molecule has 2 atom stereocenters. The number of carbonyl (C=O) groups is 2. The van der Waals surface area contributed by atoms with Crippen LogP contribution in [0.3, 0.4) is 0 Å². The smallest absolute Gasteiger partial charge is 0.328 e. The highest BCUT2D eigenvalue weighted by Crippen LogP contribution is 2.42. The lowest BCUT2D eigenvalue weighted by molar-refractivity contribution is -0.266. The van der Waals surface area contributed by atoms with Crippen LogP contribution in [0, 0.1) is 0 Å². The SMILES string of the molecule is CCC1(C(=O)OC)CCCC(CC)(C(=O)OC)N1O. The van der Waals surface area contributed by atoms with Gasteiger partial charge in [-0.15, -0.1) is 0 Å². The monoisotopic (exact) mass is 273 g/mol. The second-order valence-corrected chi connectivity index (χ2v) is 4.92. The quantitative estimate of drug-likeness (QED) is 0.782. The molecule has 1 N–H and O–H groups in total. The van der Waals surface area contributed by atoms with Gasteiger partial charge >= 0.3 is 11.9 Å². The number of piperidine rings is 1. The first kappa shape index (κ1) is 15.9. The Kier molecular flexibility index (Phi) is 4.92. The van der Waals surface area contributed by atoms with E-state index in [2.05, 4.69) is 0 Å². The van der Waals surface area contributed by atoms with E-state index in [0.717, 1.165) is 5.06 Å². The molecule has 1 aliphatic heterocycles. The molecule has 0 radical (unpaired) electrons. The lowest BCUT2D eigenvalue weighted by atomic mass is 9.75. The van der Waals surface area contributed by atoms with Crippen LogP contribution in [0.25, 0.3) is 0 Å². The van der Waals surface area contributed by atoms with E-state index in [0.29, 0.717) is 32.1 Å². The molecule has 1 aliphatic rings. The van der Waals surface area contributed by atoms with Gasteiger partial charge in [0.15, 0.2) is 0 Å². The van der Waals surface area contributed by atoms with E-state index in [1.165, 1.54) is 14.2 Å². The van der Waals surface area contributed by atoms with Crippen LogP contribution in [-0.2, 0) is 19.1 Å². The van der Waals surface area contributed by atoms with Crippen molar-refractivity contribution in [1.29, 1.82) is 0 Å². The van der Waals surface area contributed by atoms with Crippen molar-refractivity contribution in [3.05, 3.63) is 0 Å². The predicted octanol–water partition coefficient (Wildman–Crippen LogP) is 1.51. The fourth-order valence-corrected chi connectivity index (χ4v) is 2.99. The summed E-state index contributed by atoms with van der Waals surface area (Å²) >= 11 is 0. The van der Waals surface area contributed by atoms with Crippen LogP contribution in [0.5, 0.6) is 0 Å². The summed E-state index contributed by atoms with van der Waals surface area (Å²) in [4.78, 5) is 24.1. The van der Waals surface area contributed by atoms with Gasteiger partial charge in [-0.3, -0.25) is 0 Å². The number of hydroxylamine groups is 2. The fourth-order valence-electron chi connectivity index (χ4n) is 2.99. The van der Waals surface area contributed by atoms with E-state index in [-0.39, 0.29) is 0 Å². The van der Waals surface area contributed by atoms with Crippen molar-refractivity contribution in [2.45, 2.75) is 57.0 Å². The summed E-state index contributed by atoms with van der Waals surface area (Å²) in [7, 11) is 2.57. The van der Waals surface area contributed by atoms with Gasteiger partial charge in [-0.25, -0.2) is 9.59 Å². The summed E-state index contributed by atoms with van der Waals surface area (Å²) < 4.78 is 9.63. The summed E-state index contributed by atoms with van der Waals surface area (Å²) in [6.45, 7) is 3.59. The lowest BCUT2D eigenvalue weighted by Crippen LogP contribution is -2.68. The molecule has 2 unspecified atom stereocenters. The molecule has 6 heteroatoms. The molecule has 0 amide bonds. The zero-order chi connectivity index (χ0) is 14.7. The van der Waals surface area contributed by atoms with Crippen molar-refractivity contribution in [2.24, 2.45) is 0 Å². The molecule has 19 heavy (non-hydrogen) atoms. The molecule has 0 saturated carbocycles. The zero-order valence-corrected chi connectivity index (χ0v) is 12.1. The van der Waals surface area contributed by atoms with Crippen LogP contribution < -0.4 is 0 Å². The van der Waals surface area contributed by atoms with Gasteiger partial charge in [-0.05, 0) is 32.1 Å². The maximum absolute atomic E-state index is 12.1. The van der Waals surface area contributed by atoms with Gasteiger partial charge in [0.05, 0.1) is 14.2 Å². The van der Waals surface area contributed by atoms with E-state index < -0.39 is 23.0 Å². The van der Waals surface area contributed by atoms with Gasteiger partial charge in [0.1, 0.15) is 11.1 Å². The van der Waals surface area contributed by atoms with Gasteiger partial charge in [0.2, 0.25) is 0 Å². The Morgan fingerprint density at radius 2 is 1.42 bits per heavy atom. The largest absolute Gasteiger partial charge is 0.468 e. The minimum Gasteiger partial charge on any atom is -0.468 e. The molecule has 0 aromatic heterocycles. The van der Waals surface area contributed by atoms with Gasteiger partial charge in [0.25, 0.3) is 0 Å². The molecule has 0 aliphatic carbocycles. The standard InChI is InChI=1S/C13H23NO5/c1-5-12(10(15)18-3)8-7-9-13(6-2,14(12)17)11(16)19-4/h17H,5-9H2,1-4H3. The highest BCUT2D eigenvalue weighted by molar-refractivity contribution is 5.85. The summed E-state index contributed by atoms with van der Waals surface area (Å²) in [6, 6.07) is 0. The molecule has 1 heterocycles. The Labute approximate surface area is 113 Å². The third kappa shape index (κ3) is 2.23. The minimum absolute atomic E-state index is 0.370. The van der Waals surface area contributed by atoms with E-state index in [9.17, 15) is 14.8 Å². The average Bonchev–Trinajstić information content (AvgIpc) is 2.46. The van der Waals surface area contributed by atoms with E-state index in [4.69, 9.17) is 9.47 Å². The molecule has 110 valence electrons. The molecule has 1 fully saturated rings. The van der Waals surface area contributed by atoms with E-state index in [1.54, 1.807) is 13.8 Å². The minimum atomic E-state index is -1.17. The van der Waals surface area contributed by atoms with Crippen molar-refractivity contribution in [3.63, 3.8) is 0 Å². The van der Waals surface area contributed by atoms with Crippen molar-refractivity contribution < 1.29 is 24.3 Å². The number of hydrogen-bond acceptors (Lipinski definition) is 6. The predicted molar refractivity (Wildman–Crippen MR) is 67.6 cm³/mol. The number of rotatable bonds is 4. The van der Waals surface area contributed by atoms with E-state index in [1.807, 2.05) is 0 Å². The first-order valence-corrected chi connectivity index (χ1v) is 6.61. The molecule has 0 aromatic carbocycles. The van der Waals surface area contributed by atoms with Crippen LogP contribution in [-0.4, -0.2) is 47.5 Å². The second kappa shape index (κ2) is 5.88. The van der Waals surface area contributed by atoms with Crippen molar-refractivity contribution >= 4 is 11.9 Å². The molecular formula is C13H23NO5. The molecule has 6 nitrogen and oxygen atoms in total. The van der Waals surface area contributed by atoms with E-state index >= 15 is 0 Å². The Hall–Kier alpha value is -1.14. The zero-order valence-electron chi connectivity index (χ0n) is 12.1. The third-order valence-corrected chi connectivity index (χ3v) is 4.29. The average molecular weight is 273 g/mol. The van der Waals surface area contributed by atoms with Crippen LogP contribution >= 0.6 is 0 Å². The van der Waals surface area contributed by atoms with Crippen LogP contribution in [0.2, 0.25) is 0 Å². The Morgan fingerprint density at radius 3 is 1.68 bits per heavy atom. The van der Waals surface area contributed by atoms with Crippen molar-refractivity contribution in [1.82, 2.24) is 5.06 Å². The molecule has 0 bridgehead atoms.